The number of piperidine rings is 1. The number of anilines is 1. The van der Waals surface area contributed by atoms with Gasteiger partial charge in [-0.05, 0) is 62.2 Å². The van der Waals surface area contributed by atoms with Gasteiger partial charge in [-0.2, -0.15) is 4.31 Å². The molecule has 2 aromatic rings. The van der Waals surface area contributed by atoms with Crippen molar-refractivity contribution in [1.82, 2.24) is 4.31 Å². The maximum absolute atomic E-state index is 13.2. The number of carbonyl (C=O) groups is 2. The minimum atomic E-state index is -3.81. The lowest BCUT2D eigenvalue weighted by Gasteiger charge is -2.31. The Balaban J connectivity index is 1.64. The Morgan fingerprint density at radius 3 is 2.38 bits per heavy atom. The molecule has 1 heterocycles. The molecule has 10 heteroatoms. The number of carbonyl (C=O) groups excluding carboxylic acids is 2. The van der Waals surface area contributed by atoms with Gasteiger partial charge in [-0.3, -0.25) is 4.79 Å². The zero-order valence-corrected chi connectivity index (χ0v) is 19.4. The molecule has 32 heavy (non-hydrogen) atoms. The van der Waals surface area contributed by atoms with Crippen LogP contribution < -0.4 is 10.1 Å². The van der Waals surface area contributed by atoms with Gasteiger partial charge in [-0.15, -0.1) is 0 Å². The van der Waals surface area contributed by atoms with Crippen LogP contribution >= 0.6 is 11.6 Å². The molecule has 0 aliphatic carbocycles. The van der Waals surface area contributed by atoms with Crippen molar-refractivity contribution in [3.8, 4) is 5.75 Å². The van der Waals surface area contributed by atoms with E-state index in [1.54, 1.807) is 43.3 Å². The molecule has 1 aliphatic heterocycles. The number of methoxy groups -OCH3 is 1. The summed E-state index contributed by atoms with van der Waals surface area (Å²) in [4.78, 5) is 24.2. The summed E-state index contributed by atoms with van der Waals surface area (Å²) in [6, 6.07) is 10.9. The van der Waals surface area contributed by atoms with Crippen LogP contribution in [0.3, 0.4) is 0 Å². The molecule has 0 bridgehead atoms. The van der Waals surface area contributed by atoms with Crippen LogP contribution in [0.15, 0.2) is 47.4 Å². The number of amides is 1. The van der Waals surface area contributed by atoms with Gasteiger partial charge < -0.3 is 14.8 Å². The normalized spacial score (nSPS) is 15.2. The number of ether oxygens (including phenoxy) is 2. The molecular weight excluding hydrogens is 456 g/mol. The third-order valence-corrected chi connectivity index (χ3v) is 7.38. The maximum Gasteiger partial charge on any atom is 0.337 e. The average molecular weight is 481 g/mol. The van der Waals surface area contributed by atoms with Crippen molar-refractivity contribution in [1.29, 1.82) is 0 Å². The second-order valence-electron chi connectivity index (χ2n) is 7.26. The number of halogens is 1. The van der Waals surface area contributed by atoms with Gasteiger partial charge in [0.1, 0.15) is 10.6 Å². The standard InChI is InChI=1S/C22H25ClN2O6S/c1-3-31-19-9-6-17(23)14-20(19)32(28,29)25-12-10-15(11-13-25)21(26)24-18-7-4-16(5-8-18)22(27)30-2/h4-9,14-15H,3,10-13H2,1-2H3,(H,24,26). The zero-order chi connectivity index (χ0) is 23.3. The Bertz CT molecular complexity index is 1080. The summed E-state index contributed by atoms with van der Waals surface area (Å²) >= 11 is 6.02. The lowest BCUT2D eigenvalue weighted by atomic mass is 9.97. The van der Waals surface area contributed by atoms with Crippen LogP contribution in [0, 0.1) is 5.92 Å². The van der Waals surface area contributed by atoms with Crippen LogP contribution in [-0.2, 0) is 19.6 Å². The number of hydrogen-bond donors (Lipinski definition) is 1. The monoisotopic (exact) mass is 480 g/mol. The lowest BCUT2D eigenvalue weighted by molar-refractivity contribution is -0.120. The van der Waals surface area contributed by atoms with Crippen LogP contribution in [0.5, 0.6) is 5.75 Å². The highest BCUT2D eigenvalue weighted by atomic mass is 35.5. The molecule has 1 fully saturated rings. The highest BCUT2D eigenvalue weighted by molar-refractivity contribution is 7.89. The van der Waals surface area contributed by atoms with Gasteiger partial charge in [-0.1, -0.05) is 11.6 Å². The van der Waals surface area contributed by atoms with Gasteiger partial charge in [-0.25, -0.2) is 13.2 Å². The summed E-state index contributed by atoms with van der Waals surface area (Å²) in [7, 11) is -2.51. The van der Waals surface area contributed by atoms with Crippen molar-refractivity contribution in [3.05, 3.63) is 53.1 Å². The Morgan fingerprint density at radius 1 is 1.12 bits per heavy atom. The Hall–Kier alpha value is -2.62. The molecule has 2 aromatic carbocycles. The average Bonchev–Trinajstić information content (AvgIpc) is 2.80. The van der Waals surface area contributed by atoms with E-state index in [0.29, 0.717) is 35.7 Å². The third-order valence-electron chi connectivity index (χ3n) is 5.22. The van der Waals surface area contributed by atoms with Gasteiger partial charge in [0, 0.05) is 29.7 Å². The maximum atomic E-state index is 13.2. The Labute approximate surface area is 192 Å². The number of rotatable bonds is 7. The van der Waals surface area contributed by atoms with E-state index in [4.69, 9.17) is 16.3 Å². The minimum Gasteiger partial charge on any atom is -0.492 e. The molecule has 1 saturated heterocycles. The number of nitrogens with one attached hydrogen (secondary N) is 1. The fourth-order valence-electron chi connectivity index (χ4n) is 3.51. The Kier molecular flexibility index (Phi) is 7.76. The molecule has 8 nitrogen and oxygen atoms in total. The molecule has 172 valence electrons. The molecule has 1 aliphatic rings. The van der Waals surface area contributed by atoms with E-state index in [1.807, 2.05) is 0 Å². The van der Waals surface area contributed by atoms with Gasteiger partial charge in [0.05, 0.1) is 19.3 Å². The number of nitrogens with zero attached hydrogens (tertiary/aromatic N) is 1. The molecule has 3 rings (SSSR count). The van der Waals surface area contributed by atoms with Crippen LogP contribution in [-0.4, -0.2) is 51.4 Å². The summed E-state index contributed by atoms with van der Waals surface area (Å²) in [6.07, 6.45) is 0.770. The SMILES string of the molecule is CCOc1ccc(Cl)cc1S(=O)(=O)N1CCC(C(=O)Nc2ccc(C(=O)OC)cc2)CC1. The smallest absolute Gasteiger partial charge is 0.337 e. The molecule has 0 aromatic heterocycles. The number of sulfonamides is 1. The molecule has 0 radical (unpaired) electrons. The predicted octanol–water partition coefficient (Wildman–Crippen LogP) is 3.56. The van der Waals surface area contributed by atoms with Crippen LogP contribution in [0.25, 0.3) is 0 Å². The highest BCUT2D eigenvalue weighted by Crippen LogP contribution is 2.32. The molecular formula is C22H25ClN2O6S. The van der Waals surface area contributed by atoms with Crippen molar-refractivity contribution < 1.29 is 27.5 Å². The van der Waals surface area contributed by atoms with E-state index < -0.39 is 16.0 Å². The molecule has 0 spiro atoms. The van der Waals surface area contributed by atoms with E-state index in [9.17, 15) is 18.0 Å². The Morgan fingerprint density at radius 2 is 1.78 bits per heavy atom. The molecule has 0 atom stereocenters. The fourth-order valence-corrected chi connectivity index (χ4v) is 5.37. The number of esters is 1. The van der Waals surface area contributed by atoms with Crippen molar-refractivity contribution in [2.45, 2.75) is 24.7 Å². The first-order valence-corrected chi connectivity index (χ1v) is 12.0. The molecule has 1 N–H and O–H groups in total. The van der Waals surface area contributed by atoms with E-state index in [-0.39, 0.29) is 35.6 Å². The van der Waals surface area contributed by atoms with Crippen LogP contribution in [0.2, 0.25) is 5.02 Å². The second-order valence-corrected chi connectivity index (χ2v) is 9.60. The van der Waals surface area contributed by atoms with Gasteiger partial charge in [0.25, 0.3) is 0 Å². The molecule has 0 saturated carbocycles. The topological polar surface area (TPSA) is 102 Å². The van der Waals surface area contributed by atoms with Crippen molar-refractivity contribution in [2.75, 3.05) is 32.1 Å². The van der Waals surface area contributed by atoms with Crippen molar-refractivity contribution >= 4 is 39.2 Å². The molecule has 1 amide bonds. The van der Waals surface area contributed by atoms with E-state index in [0.717, 1.165) is 0 Å². The summed E-state index contributed by atoms with van der Waals surface area (Å²) < 4.78 is 37.8. The highest BCUT2D eigenvalue weighted by Gasteiger charge is 2.34. The lowest BCUT2D eigenvalue weighted by Crippen LogP contribution is -2.41. The van der Waals surface area contributed by atoms with Gasteiger partial charge in [0.2, 0.25) is 15.9 Å². The second kappa shape index (κ2) is 10.3. The zero-order valence-electron chi connectivity index (χ0n) is 17.8. The van der Waals surface area contributed by atoms with Crippen molar-refractivity contribution in [3.63, 3.8) is 0 Å². The summed E-state index contributed by atoms with van der Waals surface area (Å²) in [5.74, 6) is -0.714. The number of benzene rings is 2. The van der Waals surface area contributed by atoms with E-state index in [2.05, 4.69) is 10.1 Å². The fraction of sp³-hybridized carbons (Fsp3) is 0.364. The largest absolute Gasteiger partial charge is 0.492 e. The van der Waals surface area contributed by atoms with Gasteiger partial charge in [0.15, 0.2) is 0 Å². The summed E-state index contributed by atoms with van der Waals surface area (Å²) in [6.45, 7) is 2.52. The third kappa shape index (κ3) is 5.40. The number of hydrogen-bond acceptors (Lipinski definition) is 6. The first kappa shape index (κ1) is 24.0. The van der Waals surface area contributed by atoms with Crippen LogP contribution in [0.4, 0.5) is 5.69 Å². The first-order chi connectivity index (χ1) is 15.3. The summed E-state index contributed by atoms with van der Waals surface area (Å²) in [5, 5.41) is 3.12. The first-order valence-electron chi connectivity index (χ1n) is 10.2. The van der Waals surface area contributed by atoms with Crippen molar-refractivity contribution in [2.24, 2.45) is 5.92 Å². The summed E-state index contributed by atoms with van der Waals surface area (Å²) in [5.41, 5.74) is 0.939. The van der Waals surface area contributed by atoms with Crippen LogP contribution in [0.1, 0.15) is 30.1 Å². The van der Waals surface area contributed by atoms with E-state index >= 15 is 0 Å². The van der Waals surface area contributed by atoms with E-state index in [1.165, 1.54) is 17.5 Å². The quantitative estimate of drug-likeness (QED) is 0.608. The molecule has 0 unspecified atom stereocenters. The van der Waals surface area contributed by atoms with Gasteiger partial charge >= 0.3 is 5.97 Å². The minimum absolute atomic E-state index is 0.0282. The predicted molar refractivity (Wildman–Crippen MR) is 121 cm³/mol.